The average Bonchev–Trinajstić information content (AvgIpc) is 2.66. The lowest BCUT2D eigenvalue weighted by Crippen LogP contribution is -2.51. The molecule has 2 atom stereocenters. The van der Waals surface area contributed by atoms with Crippen LogP contribution in [0.3, 0.4) is 0 Å². The maximum atomic E-state index is 5.46. The van der Waals surface area contributed by atoms with E-state index in [1.54, 1.807) is 7.11 Å². The van der Waals surface area contributed by atoms with Gasteiger partial charge in [-0.25, -0.2) is 0 Å². The van der Waals surface area contributed by atoms with Crippen LogP contribution in [0.5, 0.6) is 0 Å². The van der Waals surface area contributed by atoms with Crippen LogP contribution < -0.4 is 5.32 Å². The van der Waals surface area contributed by atoms with Crippen LogP contribution in [-0.2, 0) is 16.7 Å². The Labute approximate surface area is 89.3 Å². The van der Waals surface area contributed by atoms with Gasteiger partial charge in [0.15, 0.2) is 0 Å². The van der Waals surface area contributed by atoms with Crippen molar-refractivity contribution in [2.75, 3.05) is 13.7 Å². The molecule has 2 rings (SSSR count). The summed E-state index contributed by atoms with van der Waals surface area (Å²) >= 11 is 1.83. The van der Waals surface area contributed by atoms with Crippen molar-refractivity contribution in [1.82, 2.24) is 5.32 Å². The van der Waals surface area contributed by atoms with Gasteiger partial charge in [0.25, 0.3) is 0 Å². The van der Waals surface area contributed by atoms with E-state index in [0.29, 0.717) is 0 Å². The first kappa shape index (κ1) is 10.1. The normalized spacial score (nSPS) is 28.5. The zero-order valence-electron chi connectivity index (χ0n) is 8.96. The van der Waals surface area contributed by atoms with Gasteiger partial charge in [-0.15, -0.1) is 11.3 Å². The SMILES string of the molecule is COC(C)C1(C)NCCc2ccsc21. The topological polar surface area (TPSA) is 21.3 Å². The summed E-state index contributed by atoms with van der Waals surface area (Å²) in [6.07, 6.45) is 1.35. The number of rotatable bonds is 2. The lowest BCUT2D eigenvalue weighted by Gasteiger charge is -2.39. The largest absolute Gasteiger partial charge is 0.379 e. The standard InChI is InChI=1S/C11H17NOS/c1-8(13-3)11(2)10-9(4-6-12-11)5-7-14-10/h5,7-8,12H,4,6H2,1-3H3. The minimum absolute atomic E-state index is 0.00347. The molecule has 1 aromatic heterocycles. The Morgan fingerprint density at radius 1 is 1.64 bits per heavy atom. The highest BCUT2D eigenvalue weighted by Crippen LogP contribution is 2.36. The molecule has 2 nitrogen and oxygen atoms in total. The molecule has 0 aliphatic carbocycles. The fourth-order valence-corrected chi connectivity index (χ4v) is 3.26. The number of hydrogen-bond acceptors (Lipinski definition) is 3. The number of thiophene rings is 1. The van der Waals surface area contributed by atoms with Gasteiger partial charge >= 0.3 is 0 Å². The van der Waals surface area contributed by atoms with Crippen LogP contribution in [0, 0.1) is 0 Å². The highest BCUT2D eigenvalue weighted by atomic mass is 32.1. The van der Waals surface area contributed by atoms with Gasteiger partial charge in [0.2, 0.25) is 0 Å². The minimum Gasteiger partial charge on any atom is -0.379 e. The Hall–Kier alpha value is -0.380. The van der Waals surface area contributed by atoms with Crippen molar-refractivity contribution < 1.29 is 4.74 Å². The summed E-state index contributed by atoms with van der Waals surface area (Å²) in [5, 5.41) is 5.75. The maximum Gasteiger partial charge on any atom is 0.0771 e. The average molecular weight is 211 g/mol. The Kier molecular flexibility index (Phi) is 2.64. The molecule has 0 spiro atoms. The minimum atomic E-state index is -0.00347. The molecular formula is C11H17NOS. The van der Waals surface area contributed by atoms with Gasteiger partial charge in [-0.1, -0.05) is 0 Å². The summed E-state index contributed by atoms with van der Waals surface area (Å²) in [4.78, 5) is 1.44. The summed E-state index contributed by atoms with van der Waals surface area (Å²) in [6, 6.07) is 2.24. The summed E-state index contributed by atoms with van der Waals surface area (Å²) in [6.45, 7) is 5.41. The molecule has 78 valence electrons. The van der Waals surface area contributed by atoms with Crippen molar-refractivity contribution in [2.24, 2.45) is 0 Å². The van der Waals surface area contributed by atoms with Crippen molar-refractivity contribution in [1.29, 1.82) is 0 Å². The molecule has 0 saturated heterocycles. The molecule has 1 aliphatic rings. The van der Waals surface area contributed by atoms with Gasteiger partial charge in [0, 0.05) is 18.5 Å². The first-order valence-corrected chi connectivity index (χ1v) is 5.91. The summed E-state index contributed by atoms with van der Waals surface area (Å²) in [5.41, 5.74) is 1.48. The summed E-state index contributed by atoms with van der Waals surface area (Å²) in [5.74, 6) is 0. The fourth-order valence-electron chi connectivity index (χ4n) is 2.09. The second-order valence-electron chi connectivity index (χ2n) is 4.03. The Morgan fingerprint density at radius 3 is 3.14 bits per heavy atom. The van der Waals surface area contributed by atoms with E-state index in [0.717, 1.165) is 13.0 Å². The van der Waals surface area contributed by atoms with Gasteiger partial charge in [-0.3, -0.25) is 0 Å². The Balaban J connectivity index is 2.39. The molecule has 0 saturated carbocycles. The molecule has 1 N–H and O–H groups in total. The molecule has 0 aromatic carbocycles. The van der Waals surface area contributed by atoms with E-state index in [-0.39, 0.29) is 11.6 Å². The molecule has 0 fully saturated rings. The molecular weight excluding hydrogens is 194 g/mol. The monoisotopic (exact) mass is 211 g/mol. The third-order valence-corrected chi connectivity index (χ3v) is 4.47. The van der Waals surface area contributed by atoms with E-state index in [1.807, 2.05) is 11.3 Å². The quantitative estimate of drug-likeness (QED) is 0.809. The lowest BCUT2D eigenvalue weighted by molar-refractivity contribution is 0.0351. The third kappa shape index (κ3) is 1.40. The van der Waals surface area contributed by atoms with Crippen LogP contribution in [-0.4, -0.2) is 19.8 Å². The predicted molar refractivity (Wildman–Crippen MR) is 59.8 cm³/mol. The lowest BCUT2D eigenvalue weighted by atomic mass is 9.87. The van der Waals surface area contributed by atoms with Crippen molar-refractivity contribution in [3.05, 3.63) is 21.9 Å². The zero-order chi connectivity index (χ0) is 10.2. The molecule has 14 heavy (non-hydrogen) atoms. The smallest absolute Gasteiger partial charge is 0.0771 e. The van der Waals surface area contributed by atoms with Crippen molar-refractivity contribution in [3.63, 3.8) is 0 Å². The number of methoxy groups -OCH3 is 1. The molecule has 1 aliphatic heterocycles. The molecule has 3 heteroatoms. The van der Waals surface area contributed by atoms with Crippen LogP contribution >= 0.6 is 11.3 Å². The molecule has 0 amide bonds. The maximum absolute atomic E-state index is 5.46. The van der Waals surface area contributed by atoms with Crippen LogP contribution in [0.1, 0.15) is 24.3 Å². The molecule has 0 radical (unpaired) electrons. The highest BCUT2D eigenvalue weighted by molar-refractivity contribution is 7.10. The van der Waals surface area contributed by atoms with E-state index < -0.39 is 0 Å². The van der Waals surface area contributed by atoms with Crippen LogP contribution in [0.4, 0.5) is 0 Å². The van der Waals surface area contributed by atoms with Crippen LogP contribution in [0.25, 0.3) is 0 Å². The van der Waals surface area contributed by atoms with E-state index in [4.69, 9.17) is 4.74 Å². The second kappa shape index (κ2) is 3.65. The van der Waals surface area contributed by atoms with Crippen molar-refractivity contribution in [3.8, 4) is 0 Å². The highest BCUT2D eigenvalue weighted by Gasteiger charge is 2.38. The van der Waals surface area contributed by atoms with Crippen LogP contribution in [0.15, 0.2) is 11.4 Å². The van der Waals surface area contributed by atoms with Gasteiger partial charge in [-0.2, -0.15) is 0 Å². The summed E-state index contributed by atoms with van der Waals surface area (Å²) < 4.78 is 5.46. The fraction of sp³-hybridized carbons (Fsp3) is 0.636. The van der Waals surface area contributed by atoms with E-state index in [2.05, 4.69) is 30.6 Å². The van der Waals surface area contributed by atoms with Gasteiger partial charge in [0.05, 0.1) is 11.6 Å². The van der Waals surface area contributed by atoms with Crippen molar-refractivity contribution in [2.45, 2.75) is 31.9 Å². The number of nitrogens with one attached hydrogen (secondary N) is 1. The van der Waals surface area contributed by atoms with E-state index in [1.165, 1.54) is 10.4 Å². The number of ether oxygens (including phenoxy) is 1. The number of hydrogen-bond donors (Lipinski definition) is 1. The molecule has 2 unspecified atom stereocenters. The summed E-state index contributed by atoms with van der Waals surface area (Å²) in [7, 11) is 1.78. The third-order valence-electron chi connectivity index (χ3n) is 3.27. The number of fused-ring (bicyclic) bond motifs is 1. The van der Waals surface area contributed by atoms with E-state index in [9.17, 15) is 0 Å². The van der Waals surface area contributed by atoms with Gasteiger partial charge in [-0.05, 0) is 37.3 Å². The van der Waals surface area contributed by atoms with Crippen LogP contribution in [0.2, 0.25) is 0 Å². The molecule has 0 bridgehead atoms. The van der Waals surface area contributed by atoms with Crippen molar-refractivity contribution >= 4 is 11.3 Å². The van der Waals surface area contributed by atoms with E-state index >= 15 is 0 Å². The predicted octanol–water partition coefficient (Wildman–Crippen LogP) is 2.14. The Morgan fingerprint density at radius 2 is 2.43 bits per heavy atom. The first-order valence-electron chi connectivity index (χ1n) is 5.03. The Bertz CT molecular complexity index is 323. The molecule has 1 aromatic rings. The first-order chi connectivity index (χ1) is 6.68. The molecule has 2 heterocycles. The zero-order valence-corrected chi connectivity index (χ0v) is 9.78. The van der Waals surface area contributed by atoms with Gasteiger partial charge < -0.3 is 10.1 Å². The second-order valence-corrected chi connectivity index (χ2v) is 4.95. The van der Waals surface area contributed by atoms with Gasteiger partial charge in [0.1, 0.15) is 0 Å².